The van der Waals surface area contributed by atoms with Gasteiger partial charge in [0.05, 0.1) is 6.61 Å². The smallest absolute Gasteiger partial charge is 0.330 e. The van der Waals surface area contributed by atoms with Crippen molar-refractivity contribution in [3.05, 3.63) is 72.3 Å². The Bertz CT molecular complexity index is 789. The molecule has 1 aliphatic heterocycles. The minimum Gasteiger partial charge on any atom is -0.491 e. The van der Waals surface area contributed by atoms with Crippen molar-refractivity contribution in [2.45, 2.75) is 25.4 Å². The summed E-state index contributed by atoms with van der Waals surface area (Å²) in [5.41, 5.74) is 2.22. The Balaban J connectivity index is 1.56. The van der Waals surface area contributed by atoms with E-state index >= 15 is 0 Å². The zero-order valence-corrected chi connectivity index (χ0v) is 16.4. The second-order valence-electron chi connectivity index (χ2n) is 7.16. The molecule has 0 N–H and O–H groups in total. The van der Waals surface area contributed by atoms with E-state index in [1.165, 1.54) is 11.1 Å². The molecule has 0 aromatic heterocycles. The van der Waals surface area contributed by atoms with Crippen LogP contribution in [0.2, 0.25) is 0 Å². The first-order valence-electron chi connectivity index (χ1n) is 9.36. The lowest BCUT2D eigenvalue weighted by Gasteiger charge is -2.26. The van der Waals surface area contributed by atoms with Gasteiger partial charge in [-0.1, -0.05) is 44.7 Å². The SMILES string of the molecule is C=CC(=O)OCCOc1ccc(C(C)(C)c2ccc(OCC3CO3)cc2)cc1. The summed E-state index contributed by atoms with van der Waals surface area (Å²) in [5, 5.41) is 0. The number of rotatable bonds is 10. The fourth-order valence-electron chi connectivity index (χ4n) is 2.82. The lowest BCUT2D eigenvalue weighted by atomic mass is 9.78. The molecule has 1 atom stereocenters. The fraction of sp³-hybridized carbons (Fsp3) is 0.348. The standard InChI is InChI=1S/C23H26O5/c1-4-22(24)26-14-13-25-19-9-5-17(6-10-19)23(2,3)18-7-11-20(12-8-18)27-15-21-16-28-21/h4-12,21H,1,13-16H2,2-3H3. The third kappa shape index (κ3) is 5.36. The van der Waals surface area contributed by atoms with Crippen LogP contribution in [0.25, 0.3) is 0 Å². The van der Waals surface area contributed by atoms with Gasteiger partial charge < -0.3 is 18.9 Å². The number of epoxide rings is 1. The number of carbonyl (C=O) groups is 1. The van der Waals surface area contributed by atoms with Gasteiger partial charge in [-0.25, -0.2) is 4.79 Å². The zero-order chi connectivity index (χ0) is 20.0. The monoisotopic (exact) mass is 382 g/mol. The molecular weight excluding hydrogens is 356 g/mol. The molecule has 148 valence electrons. The van der Waals surface area contributed by atoms with Crippen LogP contribution in [0.3, 0.4) is 0 Å². The van der Waals surface area contributed by atoms with Crippen LogP contribution in [0.4, 0.5) is 0 Å². The molecule has 0 amide bonds. The number of benzene rings is 2. The van der Waals surface area contributed by atoms with Gasteiger partial charge in [0.2, 0.25) is 0 Å². The molecule has 0 saturated carbocycles. The van der Waals surface area contributed by atoms with E-state index in [0.29, 0.717) is 13.2 Å². The molecular formula is C23H26O5. The van der Waals surface area contributed by atoms with Crippen molar-refractivity contribution in [1.29, 1.82) is 0 Å². The quantitative estimate of drug-likeness (QED) is 0.270. The van der Waals surface area contributed by atoms with E-state index in [1.807, 2.05) is 24.3 Å². The summed E-state index contributed by atoms with van der Waals surface area (Å²) in [6.07, 6.45) is 1.39. The molecule has 28 heavy (non-hydrogen) atoms. The molecule has 0 aliphatic carbocycles. The van der Waals surface area contributed by atoms with Gasteiger partial charge in [0, 0.05) is 11.5 Å². The molecule has 5 nitrogen and oxygen atoms in total. The van der Waals surface area contributed by atoms with Crippen LogP contribution in [0.5, 0.6) is 11.5 Å². The van der Waals surface area contributed by atoms with Crippen molar-refractivity contribution in [3.63, 3.8) is 0 Å². The highest BCUT2D eigenvalue weighted by Crippen LogP contribution is 2.33. The largest absolute Gasteiger partial charge is 0.491 e. The number of hydrogen-bond donors (Lipinski definition) is 0. The van der Waals surface area contributed by atoms with Crippen molar-refractivity contribution in [1.82, 2.24) is 0 Å². The minimum absolute atomic E-state index is 0.157. The lowest BCUT2D eigenvalue weighted by molar-refractivity contribution is -0.138. The first kappa shape index (κ1) is 20.0. The van der Waals surface area contributed by atoms with Gasteiger partial charge in [-0.15, -0.1) is 0 Å². The third-order valence-corrected chi connectivity index (χ3v) is 4.75. The van der Waals surface area contributed by atoms with Gasteiger partial charge in [-0.3, -0.25) is 0 Å². The van der Waals surface area contributed by atoms with Crippen LogP contribution in [-0.4, -0.2) is 38.5 Å². The van der Waals surface area contributed by atoms with Gasteiger partial charge in [-0.05, 0) is 35.4 Å². The minimum atomic E-state index is -0.446. The average molecular weight is 382 g/mol. The summed E-state index contributed by atoms with van der Waals surface area (Å²) < 4.78 is 21.4. The van der Waals surface area contributed by atoms with E-state index in [-0.39, 0.29) is 18.1 Å². The highest BCUT2D eigenvalue weighted by molar-refractivity contribution is 5.81. The van der Waals surface area contributed by atoms with Crippen molar-refractivity contribution in [2.24, 2.45) is 0 Å². The van der Waals surface area contributed by atoms with Crippen LogP contribution in [0, 0.1) is 0 Å². The lowest BCUT2D eigenvalue weighted by Crippen LogP contribution is -2.18. The summed E-state index contributed by atoms with van der Waals surface area (Å²) in [6, 6.07) is 16.2. The average Bonchev–Trinajstić information content (AvgIpc) is 3.54. The summed E-state index contributed by atoms with van der Waals surface area (Å²) in [7, 11) is 0. The molecule has 1 fully saturated rings. The van der Waals surface area contributed by atoms with Gasteiger partial charge in [0.25, 0.3) is 0 Å². The number of ether oxygens (including phenoxy) is 4. The maximum Gasteiger partial charge on any atom is 0.330 e. The first-order valence-corrected chi connectivity index (χ1v) is 9.36. The normalized spacial score (nSPS) is 15.6. The van der Waals surface area contributed by atoms with E-state index in [1.54, 1.807) is 0 Å². The van der Waals surface area contributed by atoms with Gasteiger partial charge in [0.15, 0.2) is 0 Å². The highest BCUT2D eigenvalue weighted by atomic mass is 16.6. The Labute approximate surface area is 165 Å². The number of esters is 1. The molecule has 2 aromatic carbocycles. The van der Waals surface area contributed by atoms with E-state index in [9.17, 15) is 4.79 Å². The Kier molecular flexibility index (Phi) is 6.37. The van der Waals surface area contributed by atoms with Crippen molar-refractivity contribution < 1.29 is 23.7 Å². The Hall–Kier alpha value is -2.79. The maximum atomic E-state index is 11.0. The number of carbonyl (C=O) groups excluding carboxylic acids is 1. The predicted molar refractivity (Wildman–Crippen MR) is 107 cm³/mol. The summed E-state index contributed by atoms with van der Waals surface area (Å²) in [5.74, 6) is 1.15. The Morgan fingerprint density at radius 1 is 1.04 bits per heavy atom. The fourth-order valence-corrected chi connectivity index (χ4v) is 2.82. The molecule has 1 saturated heterocycles. The Morgan fingerprint density at radius 2 is 1.57 bits per heavy atom. The Morgan fingerprint density at radius 3 is 2.07 bits per heavy atom. The highest BCUT2D eigenvalue weighted by Gasteiger charge is 2.24. The molecule has 1 heterocycles. The van der Waals surface area contributed by atoms with Crippen LogP contribution in [-0.2, 0) is 19.7 Å². The summed E-state index contributed by atoms with van der Waals surface area (Å²) in [6.45, 7) is 9.62. The summed E-state index contributed by atoms with van der Waals surface area (Å²) >= 11 is 0. The second-order valence-corrected chi connectivity index (χ2v) is 7.16. The second kappa shape index (κ2) is 8.93. The first-order chi connectivity index (χ1) is 13.5. The van der Waals surface area contributed by atoms with Gasteiger partial charge >= 0.3 is 5.97 Å². The van der Waals surface area contributed by atoms with E-state index < -0.39 is 5.97 Å². The predicted octanol–water partition coefficient (Wildman–Crippen LogP) is 3.90. The van der Waals surface area contributed by atoms with E-state index in [4.69, 9.17) is 18.9 Å². The van der Waals surface area contributed by atoms with Crippen molar-refractivity contribution >= 4 is 5.97 Å². The molecule has 3 rings (SSSR count). The molecule has 1 aliphatic rings. The maximum absolute atomic E-state index is 11.0. The van der Waals surface area contributed by atoms with E-state index in [0.717, 1.165) is 24.2 Å². The third-order valence-electron chi connectivity index (χ3n) is 4.75. The van der Waals surface area contributed by atoms with Gasteiger partial charge in [0.1, 0.15) is 37.4 Å². The topological polar surface area (TPSA) is 57.3 Å². The molecule has 0 radical (unpaired) electrons. The summed E-state index contributed by atoms with van der Waals surface area (Å²) in [4.78, 5) is 11.0. The molecule has 0 spiro atoms. The van der Waals surface area contributed by atoms with Crippen LogP contribution in [0.15, 0.2) is 61.2 Å². The number of hydrogen-bond acceptors (Lipinski definition) is 5. The molecule has 2 aromatic rings. The molecule has 0 bridgehead atoms. The van der Waals surface area contributed by atoms with Crippen molar-refractivity contribution in [3.8, 4) is 11.5 Å². The molecule has 1 unspecified atom stereocenters. The van der Waals surface area contributed by atoms with Crippen LogP contribution >= 0.6 is 0 Å². The van der Waals surface area contributed by atoms with Crippen molar-refractivity contribution in [2.75, 3.05) is 26.4 Å². The molecule has 5 heteroatoms. The van der Waals surface area contributed by atoms with Crippen LogP contribution in [0.1, 0.15) is 25.0 Å². The van der Waals surface area contributed by atoms with Crippen LogP contribution < -0.4 is 9.47 Å². The zero-order valence-electron chi connectivity index (χ0n) is 16.4. The van der Waals surface area contributed by atoms with E-state index in [2.05, 4.69) is 44.7 Å². The van der Waals surface area contributed by atoms with Gasteiger partial charge in [-0.2, -0.15) is 0 Å².